The van der Waals surface area contributed by atoms with Gasteiger partial charge in [-0.3, -0.25) is 0 Å². The quantitative estimate of drug-likeness (QED) is 0.394. The molecule has 5 nitrogen and oxygen atoms in total. The molecule has 0 aromatic heterocycles. The predicted molar refractivity (Wildman–Crippen MR) is 113 cm³/mol. The summed E-state index contributed by atoms with van der Waals surface area (Å²) in [5, 5.41) is 0. The molecule has 154 valence electrons. The third-order valence-corrected chi connectivity index (χ3v) is 4.30. The predicted octanol–water partition coefficient (Wildman–Crippen LogP) is 5.33. The number of hydrogen-bond acceptors (Lipinski definition) is 5. The van der Waals surface area contributed by atoms with Crippen LogP contribution >= 0.6 is 0 Å². The molecule has 2 aromatic rings. The summed E-state index contributed by atoms with van der Waals surface area (Å²) in [6.07, 6.45) is 2.60. The fourth-order valence-corrected chi connectivity index (χ4v) is 2.85. The van der Waals surface area contributed by atoms with Gasteiger partial charge in [0, 0.05) is 16.8 Å². The highest BCUT2D eigenvalue weighted by Gasteiger charge is 2.36. The lowest BCUT2D eigenvalue weighted by molar-refractivity contribution is -0.393. The molecule has 0 unspecified atom stereocenters. The lowest BCUT2D eigenvalue weighted by Crippen LogP contribution is -2.37. The molecule has 0 saturated heterocycles. The second kappa shape index (κ2) is 11.1. The third kappa shape index (κ3) is 5.47. The molecule has 0 radical (unpaired) electrons. The van der Waals surface area contributed by atoms with Crippen molar-refractivity contribution in [1.82, 2.24) is 0 Å². The van der Waals surface area contributed by atoms with Crippen molar-refractivity contribution in [3.8, 4) is 16.9 Å². The van der Waals surface area contributed by atoms with Crippen molar-refractivity contribution in [2.75, 3.05) is 32.7 Å². The van der Waals surface area contributed by atoms with E-state index in [-0.39, 0.29) is 0 Å². The summed E-state index contributed by atoms with van der Waals surface area (Å²) in [7, 11) is 1.65. The van der Waals surface area contributed by atoms with E-state index in [1.54, 1.807) is 7.11 Å². The number of nitrogen functional groups attached to an aromatic ring is 1. The van der Waals surface area contributed by atoms with Gasteiger partial charge in [-0.05, 0) is 55.2 Å². The van der Waals surface area contributed by atoms with Gasteiger partial charge < -0.3 is 24.7 Å². The maximum absolute atomic E-state index is 6.28. The Kier molecular flexibility index (Phi) is 8.77. The van der Waals surface area contributed by atoms with Crippen molar-refractivity contribution in [3.63, 3.8) is 0 Å². The molecule has 0 amide bonds. The fraction of sp³-hybridized carbons (Fsp3) is 0.478. The lowest BCUT2D eigenvalue weighted by Gasteiger charge is -2.34. The van der Waals surface area contributed by atoms with Gasteiger partial charge in [0.05, 0.1) is 26.9 Å². The second-order valence-electron chi connectivity index (χ2n) is 6.63. The topological polar surface area (TPSA) is 62.9 Å². The van der Waals surface area contributed by atoms with Gasteiger partial charge >= 0.3 is 5.97 Å². The second-order valence-corrected chi connectivity index (χ2v) is 6.63. The highest BCUT2D eigenvalue weighted by atomic mass is 16.9. The maximum Gasteiger partial charge on any atom is 0.312 e. The smallest absolute Gasteiger partial charge is 0.312 e. The molecule has 5 heteroatoms. The van der Waals surface area contributed by atoms with Crippen molar-refractivity contribution in [2.24, 2.45) is 0 Å². The molecule has 2 aromatic carbocycles. The van der Waals surface area contributed by atoms with Crippen LogP contribution in [0, 0.1) is 0 Å². The SMILES string of the molecule is CCCOC(OCCC)(OCCC)c1ccc(N)c(-c2ccc(OC)cc2)c1. The van der Waals surface area contributed by atoms with Gasteiger partial charge in [-0.25, -0.2) is 0 Å². The van der Waals surface area contributed by atoms with Gasteiger partial charge in [-0.15, -0.1) is 0 Å². The molecule has 28 heavy (non-hydrogen) atoms. The molecule has 0 aliphatic heterocycles. The Morgan fingerprint density at radius 1 is 0.786 bits per heavy atom. The van der Waals surface area contributed by atoms with Crippen molar-refractivity contribution in [2.45, 2.75) is 46.0 Å². The van der Waals surface area contributed by atoms with Crippen LogP contribution in [0.1, 0.15) is 45.6 Å². The van der Waals surface area contributed by atoms with Gasteiger partial charge in [0.2, 0.25) is 0 Å². The van der Waals surface area contributed by atoms with Gasteiger partial charge in [-0.2, -0.15) is 0 Å². The van der Waals surface area contributed by atoms with Crippen LogP contribution in [0.5, 0.6) is 5.75 Å². The zero-order chi connectivity index (χ0) is 20.4. The van der Waals surface area contributed by atoms with Crippen molar-refractivity contribution in [3.05, 3.63) is 48.0 Å². The molecule has 0 aliphatic rings. The zero-order valence-corrected chi connectivity index (χ0v) is 17.5. The Morgan fingerprint density at radius 2 is 1.32 bits per heavy atom. The van der Waals surface area contributed by atoms with E-state index < -0.39 is 5.97 Å². The normalized spacial score (nSPS) is 11.6. The first-order valence-electron chi connectivity index (χ1n) is 10.1. The number of benzene rings is 2. The molecule has 0 bridgehead atoms. The van der Waals surface area contributed by atoms with E-state index in [0.29, 0.717) is 25.5 Å². The standard InChI is InChI=1S/C23H33NO4/c1-5-14-26-23(27-15-6-2,28-16-7-3)19-10-13-22(24)21(17-19)18-8-11-20(25-4)12-9-18/h8-13,17H,5-7,14-16,24H2,1-4H3. The molecule has 2 rings (SSSR count). The maximum atomic E-state index is 6.28. The van der Waals surface area contributed by atoms with E-state index in [9.17, 15) is 0 Å². The van der Waals surface area contributed by atoms with Crippen LogP contribution in [0.25, 0.3) is 11.1 Å². The van der Waals surface area contributed by atoms with Crippen LogP contribution in [0.4, 0.5) is 5.69 Å². The van der Waals surface area contributed by atoms with Crippen LogP contribution in [-0.4, -0.2) is 26.9 Å². The van der Waals surface area contributed by atoms with E-state index in [1.807, 2.05) is 42.5 Å². The molecule has 0 aliphatic carbocycles. The van der Waals surface area contributed by atoms with Crippen LogP contribution in [0.2, 0.25) is 0 Å². The van der Waals surface area contributed by atoms with Crippen LogP contribution in [-0.2, 0) is 20.2 Å². The Labute approximate surface area is 168 Å². The van der Waals surface area contributed by atoms with Gasteiger partial charge in [0.15, 0.2) is 0 Å². The molecule has 0 saturated carbocycles. The summed E-state index contributed by atoms with van der Waals surface area (Å²) >= 11 is 0. The average Bonchev–Trinajstić information content (AvgIpc) is 2.74. The number of rotatable bonds is 12. The summed E-state index contributed by atoms with van der Waals surface area (Å²) < 4.78 is 23.6. The number of ether oxygens (including phenoxy) is 4. The molecule has 0 spiro atoms. The summed E-state index contributed by atoms with van der Waals surface area (Å²) in [5.41, 5.74) is 9.68. The van der Waals surface area contributed by atoms with Gasteiger partial charge in [0.25, 0.3) is 0 Å². The summed E-state index contributed by atoms with van der Waals surface area (Å²) in [5.74, 6) is -0.423. The summed E-state index contributed by atoms with van der Waals surface area (Å²) in [6.45, 7) is 7.81. The molecular formula is C23H33NO4. The summed E-state index contributed by atoms with van der Waals surface area (Å²) in [4.78, 5) is 0. The van der Waals surface area contributed by atoms with E-state index in [4.69, 9.17) is 24.7 Å². The molecule has 0 heterocycles. The lowest BCUT2D eigenvalue weighted by atomic mass is 10.00. The average molecular weight is 388 g/mol. The van der Waals surface area contributed by atoms with Crippen LogP contribution in [0.15, 0.2) is 42.5 Å². The third-order valence-electron chi connectivity index (χ3n) is 4.30. The molecule has 2 N–H and O–H groups in total. The number of hydrogen-bond donors (Lipinski definition) is 1. The first-order chi connectivity index (χ1) is 13.6. The number of nitrogens with two attached hydrogens (primary N) is 1. The Bertz CT molecular complexity index is 693. The fourth-order valence-electron chi connectivity index (χ4n) is 2.85. The monoisotopic (exact) mass is 387 g/mol. The highest BCUT2D eigenvalue weighted by molar-refractivity contribution is 5.77. The largest absolute Gasteiger partial charge is 0.497 e. The minimum Gasteiger partial charge on any atom is -0.497 e. The Hall–Kier alpha value is -2.08. The molecule has 0 fully saturated rings. The molecular weight excluding hydrogens is 354 g/mol. The number of methoxy groups -OCH3 is 1. The minimum absolute atomic E-state index is 0.537. The molecule has 0 atom stereocenters. The van der Waals surface area contributed by atoms with Crippen LogP contribution < -0.4 is 10.5 Å². The van der Waals surface area contributed by atoms with Crippen LogP contribution in [0.3, 0.4) is 0 Å². The zero-order valence-electron chi connectivity index (χ0n) is 17.5. The highest BCUT2D eigenvalue weighted by Crippen LogP contribution is 2.36. The summed E-state index contributed by atoms with van der Waals surface area (Å²) in [6, 6.07) is 13.6. The van der Waals surface area contributed by atoms with Crippen molar-refractivity contribution >= 4 is 5.69 Å². The van der Waals surface area contributed by atoms with Crippen molar-refractivity contribution < 1.29 is 18.9 Å². The van der Waals surface area contributed by atoms with Gasteiger partial charge in [-0.1, -0.05) is 32.9 Å². The number of anilines is 1. The van der Waals surface area contributed by atoms with E-state index in [0.717, 1.165) is 41.7 Å². The minimum atomic E-state index is -1.23. The van der Waals surface area contributed by atoms with Crippen molar-refractivity contribution in [1.29, 1.82) is 0 Å². The Balaban J connectivity index is 2.48. The van der Waals surface area contributed by atoms with E-state index in [1.165, 1.54) is 0 Å². The first kappa shape index (κ1) is 22.2. The van der Waals surface area contributed by atoms with Gasteiger partial charge in [0.1, 0.15) is 5.75 Å². The first-order valence-corrected chi connectivity index (χ1v) is 10.1. The van der Waals surface area contributed by atoms with E-state index in [2.05, 4.69) is 20.8 Å². The van der Waals surface area contributed by atoms with E-state index >= 15 is 0 Å². The Morgan fingerprint density at radius 3 is 1.79 bits per heavy atom.